The number of aromatic amines is 2. The molecule has 0 aliphatic heterocycles. The SMILES string of the molecule is Nc1nc2nc[nH]c2c(=S)[nH]1.O=P(O)(O)O.O=P(O)(O)O. The maximum atomic E-state index is 8.88. The Morgan fingerprint density at radius 1 is 1.10 bits per heavy atom. The zero-order valence-corrected chi connectivity index (χ0v) is 12.5. The number of nitrogens with two attached hydrogens (primary N) is 1. The van der Waals surface area contributed by atoms with Gasteiger partial charge in [-0.2, -0.15) is 4.98 Å². The molecule has 2 heterocycles. The van der Waals surface area contributed by atoms with Crippen LogP contribution in [0.2, 0.25) is 0 Å². The molecule has 0 atom stereocenters. The van der Waals surface area contributed by atoms with Crippen molar-refractivity contribution >= 4 is 45.0 Å². The number of nitrogens with one attached hydrogen (secondary N) is 2. The summed E-state index contributed by atoms with van der Waals surface area (Å²) >= 11 is 4.95. The van der Waals surface area contributed by atoms with Crippen molar-refractivity contribution in [2.45, 2.75) is 0 Å². The highest BCUT2D eigenvalue weighted by Crippen LogP contribution is 2.26. The highest BCUT2D eigenvalue weighted by Gasteiger charge is 2.01. The summed E-state index contributed by atoms with van der Waals surface area (Å²) in [6.45, 7) is 0. The van der Waals surface area contributed by atoms with Gasteiger partial charge < -0.3 is 45.1 Å². The van der Waals surface area contributed by atoms with Crippen LogP contribution >= 0.6 is 27.9 Å². The minimum absolute atomic E-state index is 0.287. The van der Waals surface area contributed by atoms with E-state index in [4.69, 9.17) is 56.4 Å². The highest BCUT2D eigenvalue weighted by atomic mass is 32.1. The Morgan fingerprint density at radius 2 is 1.52 bits per heavy atom. The summed E-state index contributed by atoms with van der Waals surface area (Å²) in [7, 11) is -9.28. The number of nitrogens with zero attached hydrogens (tertiary/aromatic N) is 2. The summed E-state index contributed by atoms with van der Waals surface area (Å²) in [4.78, 5) is 56.5. The molecule has 0 aliphatic carbocycles. The van der Waals surface area contributed by atoms with Crippen molar-refractivity contribution in [1.29, 1.82) is 0 Å². The molecule has 0 radical (unpaired) electrons. The summed E-state index contributed by atoms with van der Waals surface area (Å²) in [5.74, 6) is 0.287. The molecule has 120 valence electrons. The van der Waals surface area contributed by atoms with Crippen LogP contribution in [0.15, 0.2) is 6.33 Å². The van der Waals surface area contributed by atoms with Gasteiger partial charge in [0.15, 0.2) is 5.65 Å². The van der Waals surface area contributed by atoms with Crippen LogP contribution in [-0.2, 0) is 9.13 Å². The maximum Gasteiger partial charge on any atom is 0.466 e. The molecule has 16 heteroatoms. The van der Waals surface area contributed by atoms with Crippen molar-refractivity contribution in [3.8, 4) is 0 Å². The second kappa shape index (κ2) is 7.70. The van der Waals surface area contributed by atoms with Gasteiger partial charge in [0.25, 0.3) is 0 Å². The summed E-state index contributed by atoms with van der Waals surface area (Å²) in [6, 6.07) is 0. The molecule has 0 amide bonds. The Morgan fingerprint density at radius 3 is 1.95 bits per heavy atom. The first-order valence-electron chi connectivity index (χ1n) is 4.53. The number of anilines is 1. The number of H-pyrrole nitrogens is 2. The first kappa shape index (κ1) is 19.8. The largest absolute Gasteiger partial charge is 0.466 e. The van der Waals surface area contributed by atoms with Crippen molar-refractivity contribution in [2.24, 2.45) is 0 Å². The van der Waals surface area contributed by atoms with E-state index in [0.29, 0.717) is 15.8 Å². The number of phosphoric acid groups is 2. The zero-order chi connectivity index (χ0) is 16.8. The Labute approximate surface area is 121 Å². The van der Waals surface area contributed by atoms with E-state index in [2.05, 4.69) is 19.9 Å². The summed E-state index contributed by atoms with van der Waals surface area (Å²) < 4.78 is 18.3. The van der Waals surface area contributed by atoms with Crippen LogP contribution in [0.1, 0.15) is 0 Å². The Bertz CT molecular complexity index is 695. The molecule has 0 unspecified atom stereocenters. The quantitative estimate of drug-likeness (QED) is 0.197. The third-order valence-corrected chi connectivity index (χ3v) is 1.62. The number of aromatic nitrogens is 4. The van der Waals surface area contributed by atoms with Crippen LogP contribution < -0.4 is 5.73 Å². The topological polar surface area (TPSA) is 239 Å². The molecule has 2 aromatic heterocycles. The van der Waals surface area contributed by atoms with E-state index in [0.717, 1.165) is 0 Å². The minimum Gasteiger partial charge on any atom is -0.369 e. The average Bonchev–Trinajstić information content (AvgIpc) is 2.59. The second-order valence-corrected chi connectivity index (χ2v) is 5.54. The zero-order valence-electron chi connectivity index (χ0n) is 9.85. The van der Waals surface area contributed by atoms with E-state index in [9.17, 15) is 0 Å². The van der Waals surface area contributed by atoms with Gasteiger partial charge in [0.05, 0.1) is 6.33 Å². The molecule has 0 saturated carbocycles. The standard InChI is InChI=1S/C5H5N5S.2H3O4P/c6-5-9-3-2(4(11)10-5)7-1-8-3;2*1-5(2,3)4/h1H,(H4,6,7,8,9,10,11);2*(H3,1,2,3,4). The van der Waals surface area contributed by atoms with Crippen molar-refractivity contribution in [1.82, 2.24) is 19.9 Å². The number of hydrogen-bond donors (Lipinski definition) is 9. The molecule has 0 aliphatic rings. The second-order valence-electron chi connectivity index (χ2n) is 3.08. The molecule has 2 aromatic rings. The van der Waals surface area contributed by atoms with Crippen LogP contribution in [0.25, 0.3) is 11.2 Å². The minimum atomic E-state index is -4.64. The van der Waals surface area contributed by atoms with Crippen LogP contribution in [0.4, 0.5) is 5.95 Å². The van der Waals surface area contributed by atoms with E-state index in [1.54, 1.807) is 0 Å². The average molecular weight is 363 g/mol. The third-order valence-electron chi connectivity index (χ3n) is 1.31. The first-order chi connectivity index (χ1) is 9.27. The molecule has 0 spiro atoms. The fourth-order valence-corrected chi connectivity index (χ4v) is 1.11. The lowest BCUT2D eigenvalue weighted by atomic mass is 10.6. The summed E-state index contributed by atoms with van der Waals surface area (Å²) in [5.41, 5.74) is 6.66. The van der Waals surface area contributed by atoms with Crippen molar-refractivity contribution in [3.63, 3.8) is 0 Å². The first-order valence-corrected chi connectivity index (χ1v) is 8.06. The Hall–Kier alpha value is -1.21. The molecule has 13 nitrogen and oxygen atoms in total. The molecule has 2 rings (SSSR count). The van der Waals surface area contributed by atoms with Crippen molar-refractivity contribution in [3.05, 3.63) is 11.0 Å². The van der Waals surface area contributed by atoms with E-state index < -0.39 is 15.6 Å². The van der Waals surface area contributed by atoms with Crippen LogP contribution in [0.5, 0.6) is 0 Å². The lowest BCUT2D eigenvalue weighted by Crippen LogP contribution is -1.94. The smallest absolute Gasteiger partial charge is 0.369 e. The van der Waals surface area contributed by atoms with Gasteiger partial charge in [0.2, 0.25) is 5.95 Å². The summed E-state index contributed by atoms with van der Waals surface area (Å²) in [6.07, 6.45) is 1.53. The van der Waals surface area contributed by atoms with Gasteiger partial charge in [0.1, 0.15) is 10.2 Å². The van der Waals surface area contributed by atoms with Gasteiger partial charge >= 0.3 is 15.6 Å². The van der Waals surface area contributed by atoms with Crippen LogP contribution in [0, 0.1) is 4.64 Å². The van der Waals surface area contributed by atoms with Gasteiger partial charge in [-0.3, -0.25) is 0 Å². The number of imidazole rings is 1. The van der Waals surface area contributed by atoms with E-state index in [-0.39, 0.29) is 5.95 Å². The molecule has 0 saturated heterocycles. The molecular formula is C5H11N5O8P2S. The summed E-state index contributed by atoms with van der Waals surface area (Å²) in [5, 5.41) is 0. The molecule has 0 aromatic carbocycles. The predicted octanol–water partition coefficient (Wildman–Crippen LogP) is -1.26. The van der Waals surface area contributed by atoms with E-state index in [1.807, 2.05) is 0 Å². The monoisotopic (exact) mass is 363 g/mol. The highest BCUT2D eigenvalue weighted by molar-refractivity contribution is 7.71. The molecule has 0 bridgehead atoms. The number of hydrogen-bond acceptors (Lipinski definition) is 6. The van der Waals surface area contributed by atoms with Crippen LogP contribution in [-0.4, -0.2) is 49.3 Å². The predicted molar refractivity (Wildman–Crippen MR) is 72.0 cm³/mol. The molecular weight excluding hydrogens is 352 g/mol. The number of rotatable bonds is 0. The molecule has 0 fully saturated rings. The Balaban J connectivity index is 0.000000340. The maximum absolute atomic E-state index is 8.88. The molecule has 21 heavy (non-hydrogen) atoms. The number of nitrogen functional groups attached to an aromatic ring is 1. The van der Waals surface area contributed by atoms with E-state index in [1.165, 1.54) is 6.33 Å². The van der Waals surface area contributed by atoms with Gasteiger partial charge in [-0.15, -0.1) is 0 Å². The Kier molecular flexibility index (Phi) is 7.26. The fourth-order valence-electron chi connectivity index (χ4n) is 0.860. The van der Waals surface area contributed by atoms with Gasteiger partial charge in [-0.05, 0) is 0 Å². The van der Waals surface area contributed by atoms with Gasteiger partial charge in [-0.25, -0.2) is 14.1 Å². The lowest BCUT2D eigenvalue weighted by Gasteiger charge is -1.91. The normalized spacial score (nSPS) is 11.1. The third kappa shape index (κ3) is 12.3. The molecule has 10 N–H and O–H groups in total. The number of fused-ring (bicyclic) bond motifs is 1. The van der Waals surface area contributed by atoms with Gasteiger partial charge in [0, 0.05) is 0 Å². The van der Waals surface area contributed by atoms with Crippen LogP contribution in [0.3, 0.4) is 0 Å². The van der Waals surface area contributed by atoms with Gasteiger partial charge in [-0.1, -0.05) is 12.2 Å². The fraction of sp³-hybridized carbons (Fsp3) is 0. The van der Waals surface area contributed by atoms with E-state index >= 15 is 0 Å². The van der Waals surface area contributed by atoms with Crippen molar-refractivity contribution in [2.75, 3.05) is 5.73 Å². The lowest BCUT2D eigenvalue weighted by molar-refractivity contribution is 0.272. The van der Waals surface area contributed by atoms with Crippen molar-refractivity contribution < 1.29 is 38.5 Å².